The molecule has 116 valence electrons. The van der Waals surface area contributed by atoms with E-state index in [9.17, 15) is 9.59 Å². The second-order valence-corrected chi connectivity index (χ2v) is 4.91. The van der Waals surface area contributed by atoms with Crippen LogP contribution in [0.4, 0.5) is 4.79 Å². The van der Waals surface area contributed by atoms with Crippen LogP contribution >= 0.6 is 0 Å². The summed E-state index contributed by atoms with van der Waals surface area (Å²) in [5.41, 5.74) is 0. The number of carboxylic acid groups (broad SMARTS) is 1. The molecular formula is C14H20N2O5. The highest BCUT2D eigenvalue weighted by molar-refractivity contribution is 5.74. The number of nitrogens with zero attached hydrogens (tertiary/aromatic N) is 2. The Hall–Kier alpha value is -2.02. The Morgan fingerprint density at radius 3 is 2.95 bits per heavy atom. The van der Waals surface area contributed by atoms with Crippen molar-refractivity contribution in [3.05, 3.63) is 24.2 Å². The van der Waals surface area contributed by atoms with E-state index in [-0.39, 0.29) is 12.5 Å². The number of urea groups is 1. The molecule has 0 spiro atoms. The van der Waals surface area contributed by atoms with E-state index in [0.29, 0.717) is 32.8 Å². The van der Waals surface area contributed by atoms with Gasteiger partial charge in [-0.15, -0.1) is 0 Å². The summed E-state index contributed by atoms with van der Waals surface area (Å²) in [5, 5.41) is 8.81. The first-order valence-corrected chi connectivity index (χ1v) is 6.99. The number of carboxylic acids is 1. The normalized spacial score (nSPS) is 18.5. The Bertz CT molecular complexity index is 474. The van der Waals surface area contributed by atoms with Crippen LogP contribution in [-0.4, -0.2) is 59.3 Å². The number of carbonyl (C=O) groups excluding carboxylic acids is 1. The summed E-state index contributed by atoms with van der Waals surface area (Å²) in [6.45, 7) is 4.01. The lowest BCUT2D eigenvalue weighted by Gasteiger charge is -2.35. The molecule has 1 aliphatic rings. The number of furan rings is 1. The van der Waals surface area contributed by atoms with Crippen molar-refractivity contribution < 1.29 is 23.8 Å². The highest BCUT2D eigenvalue weighted by Gasteiger charge is 2.28. The first-order valence-electron chi connectivity index (χ1n) is 6.99. The van der Waals surface area contributed by atoms with Crippen molar-refractivity contribution >= 4 is 12.0 Å². The molecule has 21 heavy (non-hydrogen) atoms. The zero-order chi connectivity index (χ0) is 15.2. The second kappa shape index (κ2) is 7.12. The van der Waals surface area contributed by atoms with Crippen LogP contribution < -0.4 is 0 Å². The molecule has 0 aliphatic carbocycles. The van der Waals surface area contributed by atoms with E-state index in [1.165, 1.54) is 0 Å². The molecule has 2 amide bonds. The molecule has 1 aromatic heterocycles. The minimum absolute atomic E-state index is 0.0892. The van der Waals surface area contributed by atoms with E-state index >= 15 is 0 Å². The van der Waals surface area contributed by atoms with Gasteiger partial charge in [0, 0.05) is 19.6 Å². The molecule has 1 aromatic rings. The van der Waals surface area contributed by atoms with E-state index in [0.717, 1.165) is 5.76 Å². The third-order valence-electron chi connectivity index (χ3n) is 3.39. The Morgan fingerprint density at radius 2 is 2.33 bits per heavy atom. The average Bonchev–Trinajstić information content (AvgIpc) is 2.96. The molecule has 1 unspecified atom stereocenters. The minimum atomic E-state index is -0.919. The Kier molecular flexibility index (Phi) is 5.21. The molecule has 1 N–H and O–H groups in total. The smallest absolute Gasteiger partial charge is 0.320 e. The third-order valence-corrected chi connectivity index (χ3v) is 3.39. The number of morpholine rings is 1. The van der Waals surface area contributed by atoms with Crippen LogP contribution in [0.2, 0.25) is 0 Å². The molecule has 0 bridgehead atoms. The van der Waals surface area contributed by atoms with Crippen LogP contribution in [0, 0.1) is 0 Å². The molecular weight excluding hydrogens is 276 g/mol. The monoisotopic (exact) mass is 296 g/mol. The van der Waals surface area contributed by atoms with Crippen LogP contribution in [0.25, 0.3) is 0 Å². The van der Waals surface area contributed by atoms with Crippen LogP contribution in [-0.2, 0) is 16.1 Å². The summed E-state index contributed by atoms with van der Waals surface area (Å²) in [4.78, 5) is 26.5. The van der Waals surface area contributed by atoms with Gasteiger partial charge in [-0.2, -0.15) is 0 Å². The molecule has 0 radical (unpaired) electrons. The molecule has 1 aliphatic heterocycles. The predicted octanol–water partition coefficient (Wildman–Crippen LogP) is 1.40. The van der Waals surface area contributed by atoms with Crippen LogP contribution in [0.3, 0.4) is 0 Å². The summed E-state index contributed by atoms with van der Waals surface area (Å²) in [6.07, 6.45) is 1.04. The van der Waals surface area contributed by atoms with Crippen molar-refractivity contribution in [1.29, 1.82) is 0 Å². The summed E-state index contributed by atoms with van der Waals surface area (Å²) in [5.74, 6) is -0.197. The standard InChI is InChI=1S/C14H20N2O5/c1-2-15(9-11-4-3-6-20-11)14(19)16-5-7-21-12(10-16)8-13(17)18/h3-4,6,12H,2,5,7-10H2,1H3,(H,17,18). The van der Waals surface area contributed by atoms with Crippen LogP contribution in [0.15, 0.2) is 22.8 Å². The van der Waals surface area contributed by atoms with E-state index in [2.05, 4.69) is 0 Å². The predicted molar refractivity (Wildman–Crippen MR) is 73.8 cm³/mol. The minimum Gasteiger partial charge on any atom is -0.481 e. The zero-order valence-corrected chi connectivity index (χ0v) is 12.0. The Labute approximate surface area is 123 Å². The van der Waals surface area contributed by atoms with Gasteiger partial charge in [0.1, 0.15) is 5.76 Å². The lowest BCUT2D eigenvalue weighted by atomic mass is 10.2. The summed E-state index contributed by atoms with van der Waals surface area (Å²) < 4.78 is 10.6. The number of amides is 2. The lowest BCUT2D eigenvalue weighted by molar-refractivity contribution is -0.141. The fourth-order valence-electron chi connectivity index (χ4n) is 2.32. The number of rotatable bonds is 5. The van der Waals surface area contributed by atoms with Gasteiger partial charge in [0.05, 0.1) is 31.9 Å². The highest BCUT2D eigenvalue weighted by Crippen LogP contribution is 2.13. The maximum Gasteiger partial charge on any atom is 0.320 e. The molecule has 1 fully saturated rings. The van der Waals surface area contributed by atoms with Gasteiger partial charge in [-0.1, -0.05) is 0 Å². The van der Waals surface area contributed by atoms with Crippen molar-refractivity contribution in [2.75, 3.05) is 26.2 Å². The number of hydrogen-bond donors (Lipinski definition) is 1. The number of ether oxygens (including phenoxy) is 1. The van der Waals surface area contributed by atoms with E-state index in [1.807, 2.05) is 13.0 Å². The van der Waals surface area contributed by atoms with Gasteiger partial charge in [0.2, 0.25) is 0 Å². The Morgan fingerprint density at radius 1 is 1.52 bits per heavy atom. The SMILES string of the molecule is CCN(Cc1ccco1)C(=O)N1CCOC(CC(=O)O)C1. The number of aliphatic carboxylic acids is 1. The van der Waals surface area contributed by atoms with Crippen molar-refractivity contribution in [3.63, 3.8) is 0 Å². The molecule has 2 heterocycles. The second-order valence-electron chi connectivity index (χ2n) is 4.91. The average molecular weight is 296 g/mol. The summed E-state index contributed by atoms with van der Waals surface area (Å²) in [6, 6.07) is 3.49. The van der Waals surface area contributed by atoms with Gasteiger partial charge in [0.15, 0.2) is 0 Å². The first kappa shape index (κ1) is 15.4. The molecule has 0 saturated carbocycles. The van der Waals surface area contributed by atoms with Gasteiger partial charge in [-0.05, 0) is 19.1 Å². The first-order chi connectivity index (χ1) is 10.1. The maximum atomic E-state index is 12.5. The van der Waals surface area contributed by atoms with Gasteiger partial charge in [0.25, 0.3) is 0 Å². The van der Waals surface area contributed by atoms with E-state index < -0.39 is 12.1 Å². The van der Waals surface area contributed by atoms with Crippen molar-refractivity contribution in [3.8, 4) is 0 Å². The fourth-order valence-corrected chi connectivity index (χ4v) is 2.32. The third kappa shape index (κ3) is 4.22. The molecule has 0 aromatic carbocycles. The number of hydrogen-bond acceptors (Lipinski definition) is 4. The van der Waals surface area contributed by atoms with Gasteiger partial charge in [-0.25, -0.2) is 4.79 Å². The molecule has 1 atom stereocenters. The zero-order valence-electron chi connectivity index (χ0n) is 12.0. The Balaban J connectivity index is 1.94. The quantitative estimate of drug-likeness (QED) is 0.888. The van der Waals surface area contributed by atoms with E-state index in [4.69, 9.17) is 14.3 Å². The van der Waals surface area contributed by atoms with Gasteiger partial charge >= 0.3 is 12.0 Å². The van der Waals surface area contributed by atoms with Crippen molar-refractivity contribution in [1.82, 2.24) is 9.80 Å². The molecule has 1 saturated heterocycles. The highest BCUT2D eigenvalue weighted by atomic mass is 16.5. The number of carbonyl (C=O) groups is 2. The van der Waals surface area contributed by atoms with Crippen LogP contribution in [0.5, 0.6) is 0 Å². The van der Waals surface area contributed by atoms with Crippen molar-refractivity contribution in [2.24, 2.45) is 0 Å². The lowest BCUT2D eigenvalue weighted by Crippen LogP contribution is -2.51. The van der Waals surface area contributed by atoms with Gasteiger partial charge < -0.3 is 24.1 Å². The van der Waals surface area contributed by atoms with Crippen molar-refractivity contribution in [2.45, 2.75) is 26.0 Å². The van der Waals surface area contributed by atoms with E-state index in [1.54, 1.807) is 22.1 Å². The molecule has 7 nitrogen and oxygen atoms in total. The fraction of sp³-hybridized carbons (Fsp3) is 0.571. The maximum absolute atomic E-state index is 12.5. The summed E-state index contributed by atoms with van der Waals surface area (Å²) in [7, 11) is 0. The van der Waals surface area contributed by atoms with Crippen LogP contribution in [0.1, 0.15) is 19.1 Å². The van der Waals surface area contributed by atoms with Gasteiger partial charge in [-0.3, -0.25) is 4.79 Å². The molecule has 2 rings (SSSR count). The largest absolute Gasteiger partial charge is 0.481 e. The molecule has 7 heteroatoms. The summed E-state index contributed by atoms with van der Waals surface area (Å²) >= 11 is 0. The topological polar surface area (TPSA) is 83.2 Å².